The molecule has 19 heavy (non-hydrogen) atoms. The van der Waals surface area contributed by atoms with Crippen molar-refractivity contribution in [1.82, 2.24) is 5.32 Å². The molecule has 0 aromatic heterocycles. The largest absolute Gasteiger partial charge is 0.479 e. The van der Waals surface area contributed by atoms with Gasteiger partial charge in [-0.3, -0.25) is 4.79 Å². The summed E-state index contributed by atoms with van der Waals surface area (Å²) in [5.74, 6) is -1.28. The zero-order valence-corrected chi connectivity index (χ0v) is 11.6. The van der Waals surface area contributed by atoms with Gasteiger partial charge in [0.2, 0.25) is 5.91 Å². The molecule has 1 aromatic rings. The van der Waals surface area contributed by atoms with Gasteiger partial charge >= 0.3 is 5.97 Å². The lowest BCUT2D eigenvalue weighted by Crippen LogP contribution is -2.34. The van der Waals surface area contributed by atoms with E-state index in [0.29, 0.717) is 12.0 Å². The highest BCUT2D eigenvalue weighted by atomic mass is 16.4. The Morgan fingerprint density at radius 1 is 1.21 bits per heavy atom. The van der Waals surface area contributed by atoms with Crippen LogP contribution in [-0.4, -0.2) is 17.0 Å². The van der Waals surface area contributed by atoms with Gasteiger partial charge in [-0.1, -0.05) is 51.1 Å². The Labute approximate surface area is 113 Å². The summed E-state index contributed by atoms with van der Waals surface area (Å²) >= 11 is 0. The van der Waals surface area contributed by atoms with Gasteiger partial charge in [-0.05, 0) is 17.4 Å². The summed E-state index contributed by atoms with van der Waals surface area (Å²) in [6, 6.07) is 7.74. The topological polar surface area (TPSA) is 66.4 Å². The molecule has 0 aliphatic rings. The zero-order valence-electron chi connectivity index (χ0n) is 11.6. The minimum absolute atomic E-state index is 0.0583. The highest BCUT2D eigenvalue weighted by Gasteiger charge is 2.22. The molecule has 0 unspecified atom stereocenters. The summed E-state index contributed by atoms with van der Waals surface area (Å²) in [6.45, 7) is 6.14. The zero-order chi connectivity index (χ0) is 14.5. The van der Waals surface area contributed by atoms with Crippen LogP contribution in [0.15, 0.2) is 30.3 Å². The minimum Gasteiger partial charge on any atom is -0.479 e. The lowest BCUT2D eigenvalue weighted by atomic mass is 9.90. The highest BCUT2D eigenvalue weighted by molar-refractivity contribution is 5.84. The number of carboxylic acids is 1. The second-order valence-electron chi connectivity index (χ2n) is 5.81. The second kappa shape index (κ2) is 6.36. The minimum atomic E-state index is -1.05. The summed E-state index contributed by atoms with van der Waals surface area (Å²) < 4.78 is 0. The first-order valence-electron chi connectivity index (χ1n) is 6.37. The molecule has 104 valence electrons. The maximum atomic E-state index is 11.8. The van der Waals surface area contributed by atoms with Gasteiger partial charge in [-0.2, -0.15) is 0 Å². The van der Waals surface area contributed by atoms with Crippen molar-refractivity contribution in [3.8, 4) is 0 Å². The third kappa shape index (κ3) is 5.55. The average Bonchev–Trinajstić information content (AvgIpc) is 2.33. The Balaban J connectivity index is 2.65. The van der Waals surface area contributed by atoms with Crippen LogP contribution < -0.4 is 5.32 Å². The molecule has 0 fully saturated rings. The maximum Gasteiger partial charge on any atom is 0.330 e. The Morgan fingerprint density at radius 3 is 2.26 bits per heavy atom. The van der Waals surface area contributed by atoms with Crippen molar-refractivity contribution in [2.45, 2.75) is 39.7 Å². The monoisotopic (exact) mass is 263 g/mol. The summed E-state index contributed by atoms with van der Waals surface area (Å²) in [5, 5.41) is 11.8. The van der Waals surface area contributed by atoms with Crippen LogP contribution in [-0.2, 0) is 9.59 Å². The van der Waals surface area contributed by atoms with Gasteiger partial charge in [0.1, 0.15) is 0 Å². The van der Waals surface area contributed by atoms with Gasteiger partial charge in [-0.25, -0.2) is 4.79 Å². The van der Waals surface area contributed by atoms with Gasteiger partial charge in [-0.15, -0.1) is 0 Å². The van der Waals surface area contributed by atoms with E-state index < -0.39 is 12.0 Å². The molecule has 0 aliphatic heterocycles. The Hall–Kier alpha value is -1.84. The molecule has 0 saturated carbocycles. The van der Waals surface area contributed by atoms with Crippen LogP contribution in [0.4, 0.5) is 0 Å². The standard InChI is InChI=1S/C15H21NO3/c1-15(2,3)10-9-12(17)16-13(14(18)19)11-7-5-4-6-8-11/h4-8,13H,9-10H2,1-3H3,(H,16,17)(H,18,19)/t13-/m0/s1. The maximum absolute atomic E-state index is 11.8. The molecule has 0 spiro atoms. The fourth-order valence-corrected chi connectivity index (χ4v) is 1.65. The molecule has 2 N–H and O–H groups in total. The van der Waals surface area contributed by atoms with Crippen molar-refractivity contribution in [2.75, 3.05) is 0 Å². The fourth-order valence-electron chi connectivity index (χ4n) is 1.65. The van der Waals surface area contributed by atoms with E-state index in [2.05, 4.69) is 5.32 Å². The highest BCUT2D eigenvalue weighted by Crippen LogP contribution is 2.21. The van der Waals surface area contributed by atoms with Crippen LogP contribution in [0.3, 0.4) is 0 Å². The first kappa shape index (κ1) is 15.2. The van der Waals surface area contributed by atoms with Crippen molar-refractivity contribution >= 4 is 11.9 Å². The quantitative estimate of drug-likeness (QED) is 0.858. The van der Waals surface area contributed by atoms with Gasteiger partial charge in [0.05, 0.1) is 0 Å². The predicted octanol–water partition coefficient (Wildman–Crippen LogP) is 2.75. The Morgan fingerprint density at radius 2 is 1.79 bits per heavy atom. The molecule has 4 heteroatoms. The average molecular weight is 263 g/mol. The van der Waals surface area contributed by atoms with E-state index >= 15 is 0 Å². The van der Waals surface area contributed by atoms with Gasteiger partial charge in [0.25, 0.3) is 0 Å². The van der Waals surface area contributed by atoms with Crippen molar-refractivity contribution in [1.29, 1.82) is 0 Å². The van der Waals surface area contributed by atoms with Crippen molar-refractivity contribution in [3.63, 3.8) is 0 Å². The molecule has 1 rings (SSSR count). The Kier molecular flexibility index (Phi) is 5.10. The van der Waals surface area contributed by atoms with Gasteiger partial charge < -0.3 is 10.4 Å². The predicted molar refractivity (Wildman–Crippen MR) is 73.7 cm³/mol. The normalized spacial score (nSPS) is 12.8. The molecule has 0 radical (unpaired) electrons. The number of amides is 1. The molecule has 1 amide bonds. The number of benzene rings is 1. The molecular formula is C15H21NO3. The molecule has 0 heterocycles. The molecular weight excluding hydrogens is 242 g/mol. The van der Waals surface area contributed by atoms with Crippen LogP contribution in [0.1, 0.15) is 45.2 Å². The summed E-state index contributed by atoms with van der Waals surface area (Å²) in [6.07, 6.45) is 1.06. The molecule has 0 aliphatic carbocycles. The van der Waals surface area contributed by atoms with Crippen LogP contribution in [0.25, 0.3) is 0 Å². The van der Waals surface area contributed by atoms with Gasteiger partial charge in [0.15, 0.2) is 6.04 Å². The van der Waals surface area contributed by atoms with Crippen LogP contribution in [0.5, 0.6) is 0 Å². The van der Waals surface area contributed by atoms with Crippen molar-refractivity contribution in [3.05, 3.63) is 35.9 Å². The lowest BCUT2D eigenvalue weighted by Gasteiger charge is -2.19. The number of hydrogen-bond acceptors (Lipinski definition) is 2. The molecule has 0 saturated heterocycles. The number of rotatable bonds is 5. The number of carbonyl (C=O) groups is 2. The number of aliphatic carboxylic acids is 1. The first-order chi connectivity index (χ1) is 8.79. The lowest BCUT2D eigenvalue weighted by molar-refractivity contribution is -0.142. The third-order valence-corrected chi connectivity index (χ3v) is 2.79. The molecule has 4 nitrogen and oxygen atoms in total. The smallest absolute Gasteiger partial charge is 0.330 e. The first-order valence-corrected chi connectivity index (χ1v) is 6.37. The van der Waals surface area contributed by atoms with E-state index in [9.17, 15) is 14.7 Å². The summed E-state index contributed by atoms with van der Waals surface area (Å²) in [4.78, 5) is 23.0. The number of hydrogen-bond donors (Lipinski definition) is 2. The van der Waals surface area contributed by atoms with E-state index in [1.807, 2.05) is 26.8 Å². The van der Waals surface area contributed by atoms with Gasteiger partial charge in [0, 0.05) is 6.42 Å². The molecule has 1 atom stereocenters. The van der Waals surface area contributed by atoms with Crippen LogP contribution in [0.2, 0.25) is 0 Å². The number of carbonyl (C=O) groups excluding carboxylic acids is 1. The second-order valence-corrected chi connectivity index (χ2v) is 5.81. The fraction of sp³-hybridized carbons (Fsp3) is 0.467. The summed E-state index contributed by atoms with van der Waals surface area (Å²) in [5.41, 5.74) is 0.641. The Bertz CT molecular complexity index is 434. The van der Waals surface area contributed by atoms with E-state index in [1.54, 1.807) is 24.3 Å². The molecule has 1 aromatic carbocycles. The molecule has 0 bridgehead atoms. The third-order valence-electron chi connectivity index (χ3n) is 2.79. The number of nitrogens with one attached hydrogen (secondary N) is 1. The van der Waals surface area contributed by atoms with E-state index in [1.165, 1.54) is 0 Å². The van der Waals surface area contributed by atoms with Crippen LogP contribution in [0, 0.1) is 5.41 Å². The van der Waals surface area contributed by atoms with E-state index in [4.69, 9.17) is 0 Å². The van der Waals surface area contributed by atoms with Crippen molar-refractivity contribution < 1.29 is 14.7 Å². The van der Waals surface area contributed by atoms with E-state index in [0.717, 1.165) is 6.42 Å². The SMILES string of the molecule is CC(C)(C)CCC(=O)N[C@H](C(=O)O)c1ccccc1. The van der Waals surface area contributed by atoms with E-state index in [-0.39, 0.29) is 11.3 Å². The summed E-state index contributed by atoms with van der Waals surface area (Å²) in [7, 11) is 0. The van der Waals surface area contributed by atoms with Crippen molar-refractivity contribution in [2.24, 2.45) is 5.41 Å². The van der Waals surface area contributed by atoms with Crippen LogP contribution >= 0.6 is 0 Å². The number of carboxylic acid groups (broad SMARTS) is 1.